The summed E-state index contributed by atoms with van der Waals surface area (Å²) in [5.41, 5.74) is 1.34. The number of nitro groups is 1. The van der Waals surface area contributed by atoms with E-state index in [4.69, 9.17) is 9.15 Å². The normalized spacial score (nSPS) is 11.0. The third-order valence-corrected chi connectivity index (χ3v) is 4.82. The molecule has 0 aliphatic carbocycles. The summed E-state index contributed by atoms with van der Waals surface area (Å²) in [6.07, 6.45) is 4.46. The van der Waals surface area contributed by atoms with E-state index in [9.17, 15) is 14.9 Å². The minimum absolute atomic E-state index is 0.0611. The van der Waals surface area contributed by atoms with Crippen LogP contribution in [0.2, 0.25) is 0 Å². The molecule has 2 aromatic carbocycles. The standard InChI is InChI=1S/C23H25NO5/c1-3-5-7-21-22(19-15-17(24(26)27)10-13-20(19)29-21)23(25)16-8-11-18(12-9-16)28-14-6-4-2/h8-13,15H,3-7,14H2,1-2H3. The first kappa shape index (κ1) is 20.6. The van der Waals surface area contributed by atoms with E-state index in [0.717, 1.165) is 25.7 Å². The zero-order chi connectivity index (χ0) is 20.8. The van der Waals surface area contributed by atoms with Crippen molar-refractivity contribution in [3.63, 3.8) is 0 Å². The predicted octanol–water partition coefficient (Wildman–Crippen LogP) is 6.09. The number of furan rings is 1. The minimum Gasteiger partial charge on any atom is -0.494 e. The Balaban J connectivity index is 1.98. The highest BCUT2D eigenvalue weighted by molar-refractivity contribution is 6.17. The van der Waals surface area contributed by atoms with Gasteiger partial charge in [0, 0.05) is 29.5 Å². The Morgan fingerprint density at radius 2 is 1.79 bits per heavy atom. The molecule has 0 radical (unpaired) electrons. The molecule has 0 aliphatic heterocycles. The van der Waals surface area contributed by atoms with Crippen molar-refractivity contribution >= 4 is 22.4 Å². The van der Waals surface area contributed by atoms with Gasteiger partial charge in [-0.3, -0.25) is 14.9 Å². The average Bonchev–Trinajstić information content (AvgIpc) is 3.09. The Morgan fingerprint density at radius 1 is 1.07 bits per heavy atom. The number of fused-ring (bicyclic) bond motifs is 1. The lowest BCUT2D eigenvalue weighted by atomic mass is 9.98. The molecule has 0 unspecified atom stereocenters. The fraction of sp³-hybridized carbons (Fsp3) is 0.348. The summed E-state index contributed by atoms with van der Waals surface area (Å²) >= 11 is 0. The first-order chi connectivity index (χ1) is 14.0. The maximum absolute atomic E-state index is 13.3. The number of nitro benzene ring substituents is 1. The average molecular weight is 395 g/mol. The molecule has 6 heteroatoms. The molecular formula is C23H25NO5. The number of ketones is 1. The molecule has 3 aromatic rings. The third kappa shape index (κ3) is 4.65. The smallest absolute Gasteiger partial charge is 0.270 e. The number of unbranched alkanes of at least 4 members (excludes halogenated alkanes) is 2. The highest BCUT2D eigenvalue weighted by Gasteiger charge is 2.23. The summed E-state index contributed by atoms with van der Waals surface area (Å²) in [5, 5.41) is 11.7. The van der Waals surface area contributed by atoms with Crippen LogP contribution in [-0.4, -0.2) is 17.3 Å². The third-order valence-electron chi connectivity index (χ3n) is 4.82. The molecule has 3 rings (SSSR count). The van der Waals surface area contributed by atoms with Crippen LogP contribution in [0.25, 0.3) is 11.0 Å². The minimum atomic E-state index is -0.463. The molecule has 6 nitrogen and oxygen atoms in total. The molecule has 1 aromatic heterocycles. The van der Waals surface area contributed by atoms with Gasteiger partial charge in [-0.15, -0.1) is 0 Å². The van der Waals surface area contributed by atoms with Crippen molar-refractivity contribution < 1.29 is 18.9 Å². The number of rotatable bonds is 10. The maximum Gasteiger partial charge on any atom is 0.270 e. The SMILES string of the molecule is CCCCOc1ccc(C(=O)c2c(CCCC)oc3ccc([N+](=O)[O-])cc23)cc1. The van der Waals surface area contributed by atoms with E-state index in [-0.39, 0.29) is 11.5 Å². The summed E-state index contributed by atoms with van der Waals surface area (Å²) in [4.78, 5) is 24.0. The molecule has 0 fully saturated rings. The fourth-order valence-electron chi connectivity index (χ4n) is 3.19. The topological polar surface area (TPSA) is 82.6 Å². The van der Waals surface area contributed by atoms with Gasteiger partial charge in [-0.25, -0.2) is 0 Å². The molecule has 0 saturated carbocycles. The zero-order valence-corrected chi connectivity index (χ0v) is 16.8. The summed E-state index contributed by atoms with van der Waals surface area (Å²) < 4.78 is 11.6. The van der Waals surface area contributed by atoms with Crippen molar-refractivity contribution in [2.45, 2.75) is 46.0 Å². The zero-order valence-electron chi connectivity index (χ0n) is 16.8. The number of aryl methyl sites for hydroxylation is 1. The lowest BCUT2D eigenvalue weighted by Gasteiger charge is -2.07. The highest BCUT2D eigenvalue weighted by Crippen LogP contribution is 2.32. The van der Waals surface area contributed by atoms with Gasteiger partial charge in [0.25, 0.3) is 5.69 Å². The van der Waals surface area contributed by atoms with Crippen LogP contribution in [0, 0.1) is 10.1 Å². The van der Waals surface area contributed by atoms with Gasteiger partial charge >= 0.3 is 0 Å². The Labute approximate surface area is 169 Å². The van der Waals surface area contributed by atoms with Crippen molar-refractivity contribution in [2.75, 3.05) is 6.61 Å². The number of carbonyl (C=O) groups is 1. The van der Waals surface area contributed by atoms with E-state index in [1.54, 1.807) is 30.3 Å². The van der Waals surface area contributed by atoms with Crippen molar-refractivity contribution in [3.8, 4) is 5.75 Å². The summed E-state index contributed by atoms with van der Waals surface area (Å²) in [6.45, 7) is 4.80. The van der Waals surface area contributed by atoms with E-state index in [0.29, 0.717) is 46.6 Å². The van der Waals surface area contributed by atoms with Gasteiger partial charge in [0.1, 0.15) is 17.1 Å². The molecule has 0 bridgehead atoms. The molecule has 0 atom stereocenters. The number of benzene rings is 2. The fourth-order valence-corrected chi connectivity index (χ4v) is 3.19. The lowest BCUT2D eigenvalue weighted by Crippen LogP contribution is -2.04. The van der Waals surface area contributed by atoms with E-state index in [1.165, 1.54) is 12.1 Å². The second kappa shape index (κ2) is 9.37. The van der Waals surface area contributed by atoms with Gasteiger partial charge in [0.05, 0.1) is 17.1 Å². The van der Waals surface area contributed by atoms with Crippen LogP contribution in [0.4, 0.5) is 5.69 Å². The van der Waals surface area contributed by atoms with E-state index >= 15 is 0 Å². The van der Waals surface area contributed by atoms with Crippen LogP contribution >= 0.6 is 0 Å². The summed E-state index contributed by atoms with van der Waals surface area (Å²) in [7, 11) is 0. The molecule has 152 valence electrons. The van der Waals surface area contributed by atoms with Crippen molar-refractivity contribution in [1.82, 2.24) is 0 Å². The molecule has 0 aliphatic rings. The first-order valence-electron chi connectivity index (χ1n) is 10.0. The predicted molar refractivity (Wildman–Crippen MR) is 112 cm³/mol. The first-order valence-corrected chi connectivity index (χ1v) is 10.0. The summed E-state index contributed by atoms with van der Waals surface area (Å²) in [5.74, 6) is 1.10. The van der Waals surface area contributed by atoms with Gasteiger partial charge in [-0.1, -0.05) is 26.7 Å². The van der Waals surface area contributed by atoms with Crippen LogP contribution in [0.5, 0.6) is 5.75 Å². The number of carbonyl (C=O) groups excluding carboxylic acids is 1. The molecule has 29 heavy (non-hydrogen) atoms. The van der Waals surface area contributed by atoms with Gasteiger partial charge in [0.2, 0.25) is 0 Å². The maximum atomic E-state index is 13.3. The van der Waals surface area contributed by atoms with Crippen LogP contribution in [0.15, 0.2) is 46.9 Å². The van der Waals surface area contributed by atoms with Crippen LogP contribution in [-0.2, 0) is 6.42 Å². The van der Waals surface area contributed by atoms with Crippen LogP contribution in [0.3, 0.4) is 0 Å². The van der Waals surface area contributed by atoms with Gasteiger partial charge in [0.15, 0.2) is 5.78 Å². The molecule has 0 amide bonds. The largest absolute Gasteiger partial charge is 0.494 e. The van der Waals surface area contributed by atoms with Crippen molar-refractivity contribution in [2.24, 2.45) is 0 Å². The van der Waals surface area contributed by atoms with Gasteiger partial charge < -0.3 is 9.15 Å². The Bertz CT molecular complexity index is 1000. The quantitative estimate of drug-likeness (QED) is 0.179. The molecule has 0 saturated heterocycles. The number of hydrogen-bond donors (Lipinski definition) is 0. The van der Waals surface area contributed by atoms with E-state index in [2.05, 4.69) is 13.8 Å². The summed E-state index contributed by atoms with van der Waals surface area (Å²) in [6, 6.07) is 11.4. The lowest BCUT2D eigenvalue weighted by molar-refractivity contribution is -0.384. The molecule has 0 N–H and O–H groups in total. The highest BCUT2D eigenvalue weighted by atomic mass is 16.6. The van der Waals surface area contributed by atoms with Gasteiger partial charge in [-0.05, 0) is 43.2 Å². The molecule has 1 heterocycles. The Kier molecular flexibility index (Phi) is 6.65. The van der Waals surface area contributed by atoms with Crippen LogP contribution < -0.4 is 4.74 Å². The number of non-ortho nitro benzene ring substituents is 1. The number of nitrogens with zero attached hydrogens (tertiary/aromatic N) is 1. The van der Waals surface area contributed by atoms with E-state index < -0.39 is 4.92 Å². The van der Waals surface area contributed by atoms with Crippen LogP contribution in [0.1, 0.15) is 61.2 Å². The van der Waals surface area contributed by atoms with Gasteiger partial charge in [-0.2, -0.15) is 0 Å². The Hall–Kier alpha value is -3.15. The van der Waals surface area contributed by atoms with Crippen molar-refractivity contribution in [3.05, 3.63) is 69.5 Å². The second-order valence-corrected chi connectivity index (χ2v) is 7.00. The van der Waals surface area contributed by atoms with Crippen molar-refractivity contribution in [1.29, 1.82) is 0 Å². The Morgan fingerprint density at radius 3 is 2.45 bits per heavy atom. The molecule has 0 spiro atoms. The number of hydrogen-bond acceptors (Lipinski definition) is 5. The molecular weight excluding hydrogens is 370 g/mol. The monoisotopic (exact) mass is 395 g/mol. The second-order valence-electron chi connectivity index (χ2n) is 7.00. The van der Waals surface area contributed by atoms with E-state index in [1.807, 2.05) is 0 Å². The number of ether oxygens (including phenoxy) is 1.